The van der Waals surface area contributed by atoms with Gasteiger partial charge in [-0.3, -0.25) is 9.48 Å². The first kappa shape index (κ1) is 19.2. The van der Waals surface area contributed by atoms with Gasteiger partial charge in [-0.1, -0.05) is 6.92 Å². The smallest absolute Gasteiger partial charge is 0.387 e. The highest BCUT2D eigenvalue weighted by molar-refractivity contribution is 9.10. The van der Waals surface area contributed by atoms with E-state index in [0.717, 1.165) is 4.47 Å². The molecule has 0 aliphatic rings. The fourth-order valence-electron chi connectivity index (χ4n) is 2.25. The summed E-state index contributed by atoms with van der Waals surface area (Å²) in [7, 11) is 0. The first-order valence-electron chi connectivity index (χ1n) is 7.66. The zero-order chi connectivity index (χ0) is 18.4. The number of ether oxygens (including phenoxy) is 2. The maximum Gasteiger partial charge on any atom is 0.387 e. The van der Waals surface area contributed by atoms with Gasteiger partial charge in [0.2, 0.25) is 5.91 Å². The number of amides is 1. The third-order valence-corrected chi connectivity index (χ3v) is 3.72. The number of alkyl halides is 2. The molecule has 1 amide bonds. The molecule has 6 nitrogen and oxygen atoms in total. The number of rotatable bonds is 8. The third-order valence-electron chi connectivity index (χ3n) is 3.31. The highest BCUT2D eigenvalue weighted by Crippen LogP contribution is 2.32. The highest BCUT2D eigenvalue weighted by atomic mass is 79.9. The lowest BCUT2D eigenvalue weighted by Crippen LogP contribution is -2.26. The fourth-order valence-corrected chi connectivity index (χ4v) is 2.55. The number of nitrogens with one attached hydrogen (secondary N) is 1. The van der Waals surface area contributed by atoms with Crippen LogP contribution in [-0.2, 0) is 4.79 Å². The van der Waals surface area contributed by atoms with Crippen molar-refractivity contribution in [3.63, 3.8) is 0 Å². The molecule has 0 aliphatic carbocycles. The summed E-state index contributed by atoms with van der Waals surface area (Å²) in [5.74, 6) is -0.226. The number of hydrogen-bond acceptors (Lipinski definition) is 4. The minimum absolute atomic E-state index is 0.0853. The van der Waals surface area contributed by atoms with Crippen molar-refractivity contribution in [3.05, 3.63) is 35.1 Å². The summed E-state index contributed by atoms with van der Waals surface area (Å²) in [6, 6.07) is 3.76. The minimum atomic E-state index is -2.96. The molecule has 136 valence electrons. The molecule has 0 bridgehead atoms. The van der Waals surface area contributed by atoms with Crippen molar-refractivity contribution in [3.8, 4) is 11.5 Å². The van der Waals surface area contributed by atoms with Gasteiger partial charge in [-0.25, -0.2) is 0 Å². The Morgan fingerprint density at radius 2 is 2.12 bits per heavy atom. The topological polar surface area (TPSA) is 65.4 Å². The van der Waals surface area contributed by atoms with E-state index >= 15 is 0 Å². The number of aromatic nitrogens is 2. The van der Waals surface area contributed by atoms with Gasteiger partial charge >= 0.3 is 6.61 Å². The lowest BCUT2D eigenvalue weighted by Gasteiger charge is -2.17. The van der Waals surface area contributed by atoms with E-state index in [1.165, 1.54) is 18.2 Å². The lowest BCUT2D eigenvalue weighted by molar-refractivity contribution is -0.119. The zero-order valence-electron chi connectivity index (χ0n) is 13.7. The number of nitrogens with zero attached hydrogens (tertiary/aromatic N) is 2. The number of hydrogen-bond donors (Lipinski definition) is 1. The summed E-state index contributed by atoms with van der Waals surface area (Å²) in [5.41, 5.74) is 0.416. The SMILES string of the molecule is CCOc1cc(NC(=O)C(CC)n2cc(Br)cn2)ccc1OC(F)F. The Labute approximate surface area is 152 Å². The van der Waals surface area contributed by atoms with Crippen LogP contribution in [0.1, 0.15) is 26.3 Å². The summed E-state index contributed by atoms with van der Waals surface area (Å²) < 4.78 is 36.9. The molecule has 0 radical (unpaired) electrons. The van der Waals surface area contributed by atoms with Gasteiger partial charge < -0.3 is 14.8 Å². The standard InChI is InChI=1S/C16H18BrF2N3O3/c1-3-12(22-9-10(17)8-20-22)15(23)21-11-5-6-13(25-16(18)19)14(7-11)24-4-2/h5-9,12,16H,3-4H2,1-2H3,(H,21,23). The summed E-state index contributed by atoms with van der Waals surface area (Å²) >= 11 is 3.29. The van der Waals surface area contributed by atoms with Crippen molar-refractivity contribution < 1.29 is 23.0 Å². The van der Waals surface area contributed by atoms with Crippen LogP contribution in [0.4, 0.5) is 14.5 Å². The van der Waals surface area contributed by atoms with Gasteiger partial charge in [-0.15, -0.1) is 0 Å². The predicted molar refractivity (Wildman–Crippen MR) is 92.1 cm³/mol. The lowest BCUT2D eigenvalue weighted by atomic mass is 10.2. The Balaban J connectivity index is 2.17. The van der Waals surface area contributed by atoms with Crippen LogP contribution in [0.15, 0.2) is 35.1 Å². The molecule has 0 aliphatic heterocycles. The molecule has 1 aromatic heterocycles. The van der Waals surface area contributed by atoms with E-state index in [4.69, 9.17) is 4.74 Å². The largest absolute Gasteiger partial charge is 0.490 e. The predicted octanol–water partition coefficient (Wildman–Crippen LogP) is 4.24. The minimum Gasteiger partial charge on any atom is -0.490 e. The maximum atomic E-state index is 12.5. The molecule has 0 fully saturated rings. The molecule has 9 heteroatoms. The van der Waals surface area contributed by atoms with E-state index < -0.39 is 12.7 Å². The molecular weight excluding hydrogens is 400 g/mol. The first-order chi connectivity index (χ1) is 11.9. The van der Waals surface area contributed by atoms with E-state index in [1.54, 1.807) is 24.0 Å². The van der Waals surface area contributed by atoms with E-state index in [9.17, 15) is 13.6 Å². The van der Waals surface area contributed by atoms with Crippen LogP contribution in [0, 0.1) is 0 Å². The van der Waals surface area contributed by atoms with Gasteiger partial charge in [-0.2, -0.15) is 13.9 Å². The van der Waals surface area contributed by atoms with Gasteiger partial charge in [0.25, 0.3) is 0 Å². The second kappa shape index (κ2) is 8.80. The third kappa shape index (κ3) is 5.15. The van der Waals surface area contributed by atoms with E-state index in [1.807, 2.05) is 6.92 Å². The van der Waals surface area contributed by atoms with E-state index in [0.29, 0.717) is 12.1 Å². The molecule has 1 unspecified atom stereocenters. The summed E-state index contributed by atoms with van der Waals surface area (Å²) in [4.78, 5) is 12.5. The number of benzene rings is 1. The van der Waals surface area contributed by atoms with Crippen LogP contribution in [0.25, 0.3) is 0 Å². The van der Waals surface area contributed by atoms with Crippen molar-refractivity contribution >= 4 is 27.5 Å². The monoisotopic (exact) mass is 417 g/mol. The van der Waals surface area contributed by atoms with Gasteiger partial charge in [0.05, 0.1) is 17.3 Å². The Bertz CT molecular complexity index is 724. The molecule has 0 saturated carbocycles. The van der Waals surface area contributed by atoms with Crippen molar-refractivity contribution in [1.29, 1.82) is 0 Å². The fraction of sp³-hybridized carbons (Fsp3) is 0.375. The number of halogens is 3. The van der Waals surface area contributed by atoms with Gasteiger partial charge in [-0.05, 0) is 41.4 Å². The maximum absolute atomic E-state index is 12.5. The molecule has 1 N–H and O–H groups in total. The van der Waals surface area contributed by atoms with Crippen molar-refractivity contribution in [2.45, 2.75) is 32.9 Å². The van der Waals surface area contributed by atoms with Gasteiger partial charge in [0.1, 0.15) is 6.04 Å². The summed E-state index contributed by atoms with van der Waals surface area (Å²) in [6.07, 6.45) is 3.84. The average molecular weight is 418 g/mol. The second-order valence-corrected chi connectivity index (χ2v) is 5.94. The molecule has 25 heavy (non-hydrogen) atoms. The van der Waals surface area contributed by atoms with E-state index in [-0.39, 0.29) is 24.0 Å². The van der Waals surface area contributed by atoms with Crippen molar-refractivity contribution in [1.82, 2.24) is 9.78 Å². The van der Waals surface area contributed by atoms with Crippen LogP contribution in [0.2, 0.25) is 0 Å². The van der Waals surface area contributed by atoms with Crippen LogP contribution >= 0.6 is 15.9 Å². The average Bonchev–Trinajstić information content (AvgIpc) is 2.96. The molecule has 1 aromatic carbocycles. The van der Waals surface area contributed by atoms with Crippen molar-refractivity contribution in [2.24, 2.45) is 0 Å². The van der Waals surface area contributed by atoms with Crippen LogP contribution in [0.5, 0.6) is 11.5 Å². The number of carbonyl (C=O) groups excluding carboxylic acids is 1. The quantitative estimate of drug-likeness (QED) is 0.697. The zero-order valence-corrected chi connectivity index (χ0v) is 15.3. The summed E-state index contributed by atoms with van der Waals surface area (Å²) in [5, 5.41) is 6.87. The molecule has 2 rings (SSSR count). The Hall–Kier alpha value is -2.16. The molecule has 0 spiro atoms. The van der Waals surface area contributed by atoms with Crippen LogP contribution in [-0.4, -0.2) is 28.9 Å². The molecular formula is C16H18BrF2N3O3. The first-order valence-corrected chi connectivity index (χ1v) is 8.46. The van der Waals surface area contributed by atoms with Crippen LogP contribution in [0.3, 0.4) is 0 Å². The number of anilines is 1. The van der Waals surface area contributed by atoms with Gasteiger partial charge in [0, 0.05) is 18.0 Å². The Morgan fingerprint density at radius 3 is 2.68 bits per heavy atom. The highest BCUT2D eigenvalue weighted by Gasteiger charge is 2.20. The number of carbonyl (C=O) groups is 1. The normalized spacial score (nSPS) is 12.1. The Kier molecular flexibility index (Phi) is 6.74. The molecule has 0 saturated heterocycles. The van der Waals surface area contributed by atoms with Crippen molar-refractivity contribution in [2.75, 3.05) is 11.9 Å². The molecule has 2 aromatic rings. The van der Waals surface area contributed by atoms with Gasteiger partial charge in [0.15, 0.2) is 11.5 Å². The summed E-state index contributed by atoms with van der Waals surface area (Å²) in [6.45, 7) is 0.906. The molecule has 1 heterocycles. The van der Waals surface area contributed by atoms with E-state index in [2.05, 4.69) is 31.1 Å². The van der Waals surface area contributed by atoms with Crippen LogP contribution < -0.4 is 14.8 Å². The Morgan fingerprint density at radius 1 is 1.36 bits per heavy atom. The molecule has 1 atom stereocenters. The second-order valence-electron chi connectivity index (χ2n) is 5.02.